The summed E-state index contributed by atoms with van der Waals surface area (Å²) in [4.78, 5) is 4.68. The second-order valence-electron chi connectivity index (χ2n) is 6.95. The number of hydrogen-bond donors (Lipinski definition) is 2. The summed E-state index contributed by atoms with van der Waals surface area (Å²) in [6, 6.07) is 7.39. The molecule has 2 aromatic rings. The number of fused-ring (bicyclic) bond motifs is 1. The van der Waals surface area contributed by atoms with Crippen LogP contribution in [0.3, 0.4) is 0 Å². The normalized spacial score (nSPS) is 15.5. The van der Waals surface area contributed by atoms with Gasteiger partial charge in [0.1, 0.15) is 24.2 Å². The maximum atomic E-state index is 5.91. The van der Waals surface area contributed by atoms with Crippen molar-refractivity contribution in [1.82, 2.24) is 25.4 Å². The molecule has 1 aromatic heterocycles. The predicted octanol–water partition coefficient (Wildman–Crippen LogP) is 3.18. The quantitative estimate of drug-likeness (QED) is 0.547. The van der Waals surface area contributed by atoms with Crippen LogP contribution in [0.5, 0.6) is 5.75 Å². The first-order valence-corrected chi connectivity index (χ1v) is 10.4. The molecule has 0 spiro atoms. The van der Waals surface area contributed by atoms with Gasteiger partial charge in [-0.3, -0.25) is 0 Å². The van der Waals surface area contributed by atoms with Gasteiger partial charge in [-0.1, -0.05) is 18.0 Å². The third kappa shape index (κ3) is 5.86. The maximum Gasteiger partial charge on any atom is 0.191 e. The monoisotopic (exact) mass is 404 g/mol. The Morgan fingerprint density at radius 3 is 2.82 bits per heavy atom. The van der Waals surface area contributed by atoms with E-state index in [4.69, 9.17) is 16.3 Å². The van der Waals surface area contributed by atoms with E-state index in [9.17, 15) is 0 Å². The van der Waals surface area contributed by atoms with Gasteiger partial charge in [-0.2, -0.15) is 0 Å². The molecule has 2 heterocycles. The van der Waals surface area contributed by atoms with Crippen molar-refractivity contribution in [2.75, 3.05) is 13.1 Å². The molecule has 2 N–H and O–H groups in total. The van der Waals surface area contributed by atoms with Crippen LogP contribution in [0.15, 0.2) is 29.3 Å². The maximum absolute atomic E-state index is 5.91. The molecule has 8 heteroatoms. The lowest BCUT2D eigenvalue weighted by atomic mass is 10.2. The van der Waals surface area contributed by atoms with E-state index in [-0.39, 0.29) is 6.10 Å². The number of aliphatic imine (C=N–C) groups is 1. The number of aryl methyl sites for hydroxylation is 1. The average molecular weight is 405 g/mol. The van der Waals surface area contributed by atoms with Crippen LogP contribution in [-0.4, -0.2) is 39.9 Å². The molecule has 0 saturated heterocycles. The fourth-order valence-corrected chi connectivity index (χ4v) is 3.31. The van der Waals surface area contributed by atoms with Crippen LogP contribution < -0.4 is 15.4 Å². The number of guanidine groups is 1. The molecule has 7 nitrogen and oxygen atoms in total. The topological polar surface area (TPSA) is 76.4 Å². The van der Waals surface area contributed by atoms with Gasteiger partial charge in [0.25, 0.3) is 0 Å². The van der Waals surface area contributed by atoms with Crippen LogP contribution in [0.4, 0.5) is 0 Å². The summed E-state index contributed by atoms with van der Waals surface area (Å²) in [5.41, 5.74) is 0. The first kappa shape index (κ1) is 20.5. The molecule has 0 radical (unpaired) electrons. The minimum Gasteiger partial charge on any atom is -0.489 e. The first-order valence-electron chi connectivity index (χ1n) is 10.0. The van der Waals surface area contributed by atoms with Crippen LogP contribution in [0.1, 0.15) is 44.8 Å². The number of halogens is 1. The molecule has 1 aliphatic heterocycles. The van der Waals surface area contributed by atoms with E-state index in [1.54, 1.807) is 0 Å². The summed E-state index contributed by atoms with van der Waals surface area (Å²) in [6.45, 7) is 6.98. The van der Waals surface area contributed by atoms with Gasteiger partial charge < -0.3 is 19.9 Å². The van der Waals surface area contributed by atoms with Crippen LogP contribution in [0, 0.1) is 0 Å². The number of benzene rings is 1. The molecule has 152 valence electrons. The van der Waals surface area contributed by atoms with Crippen LogP contribution in [-0.2, 0) is 19.5 Å². The third-order valence-corrected chi connectivity index (χ3v) is 4.87. The molecule has 1 atom stereocenters. The van der Waals surface area contributed by atoms with Gasteiger partial charge in [0.2, 0.25) is 0 Å². The SMILES string of the molecule is CCNC(=NCc1nnc2n1CCCCC2)NCC(C)Oc1ccc(Cl)cc1. The molecule has 0 fully saturated rings. The van der Waals surface area contributed by atoms with Gasteiger partial charge in [0.15, 0.2) is 11.8 Å². The molecule has 0 saturated carbocycles. The fraction of sp³-hybridized carbons (Fsp3) is 0.550. The zero-order chi connectivity index (χ0) is 19.8. The number of nitrogens with zero attached hydrogens (tertiary/aromatic N) is 4. The van der Waals surface area contributed by atoms with Crippen molar-refractivity contribution >= 4 is 17.6 Å². The smallest absolute Gasteiger partial charge is 0.191 e. The van der Waals surface area contributed by atoms with Gasteiger partial charge in [-0.15, -0.1) is 10.2 Å². The largest absolute Gasteiger partial charge is 0.489 e. The Morgan fingerprint density at radius 2 is 2.04 bits per heavy atom. The lowest BCUT2D eigenvalue weighted by Gasteiger charge is -2.17. The molecular weight excluding hydrogens is 376 g/mol. The van der Waals surface area contributed by atoms with E-state index >= 15 is 0 Å². The third-order valence-electron chi connectivity index (χ3n) is 4.62. The Labute approximate surface area is 171 Å². The fourth-order valence-electron chi connectivity index (χ4n) is 3.18. The molecule has 1 unspecified atom stereocenters. The predicted molar refractivity (Wildman–Crippen MR) is 112 cm³/mol. The van der Waals surface area contributed by atoms with Crippen molar-refractivity contribution in [3.8, 4) is 5.75 Å². The summed E-state index contributed by atoms with van der Waals surface area (Å²) in [6.07, 6.45) is 4.61. The molecule has 0 bridgehead atoms. The van der Waals surface area contributed by atoms with Crippen LogP contribution in [0.25, 0.3) is 0 Å². The highest BCUT2D eigenvalue weighted by molar-refractivity contribution is 6.30. The Kier molecular flexibility index (Phi) is 7.54. The summed E-state index contributed by atoms with van der Waals surface area (Å²) >= 11 is 5.91. The number of aromatic nitrogens is 3. The van der Waals surface area contributed by atoms with E-state index in [1.807, 2.05) is 38.1 Å². The van der Waals surface area contributed by atoms with Gasteiger partial charge in [0, 0.05) is 24.5 Å². The van der Waals surface area contributed by atoms with Crippen molar-refractivity contribution in [3.63, 3.8) is 0 Å². The van der Waals surface area contributed by atoms with E-state index in [2.05, 4.69) is 30.4 Å². The molecule has 3 rings (SSSR count). The Bertz CT molecular complexity index is 774. The van der Waals surface area contributed by atoms with E-state index < -0.39 is 0 Å². The highest BCUT2D eigenvalue weighted by atomic mass is 35.5. The molecule has 1 aromatic carbocycles. The van der Waals surface area contributed by atoms with Gasteiger partial charge in [-0.05, 0) is 51.0 Å². The molecule has 28 heavy (non-hydrogen) atoms. The highest BCUT2D eigenvalue weighted by Crippen LogP contribution is 2.17. The first-order chi connectivity index (χ1) is 13.7. The van der Waals surface area contributed by atoms with E-state index in [0.29, 0.717) is 18.1 Å². The standard InChI is InChI=1S/C20H29ClN6O/c1-3-22-20(23-13-15(2)28-17-10-8-16(21)9-11-17)24-14-19-26-25-18-7-5-4-6-12-27(18)19/h8-11,15H,3-7,12-14H2,1-2H3,(H2,22,23,24). The van der Waals surface area contributed by atoms with Crippen molar-refractivity contribution in [2.24, 2.45) is 4.99 Å². The van der Waals surface area contributed by atoms with Crippen LogP contribution >= 0.6 is 11.6 Å². The Hall–Kier alpha value is -2.28. The lowest BCUT2D eigenvalue weighted by molar-refractivity contribution is 0.224. The number of hydrogen-bond acceptors (Lipinski definition) is 4. The average Bonchev–Trinajstić information content (AvgIpc) is 2.92. The zero-order valence-corrected chi connectivity index (χ0v) is 17.4. The second-order valence-corrected chi connectivity index (χ2v) is 7.39. The van der Waals surface area contributed by atoms with E-state index in [0.717, 1.165) is 42.9 Å². The Balaban J connectivity index is 1.55. The number of ether oxygens (including phenoxy) is 1. The van der Waals surface area contributed by atoms with E-state index in [1.165, 1.54) is 19.3 Å². The molecule has 0 amide bonds. The summed E-state index contributed by atoms with van der Waals surface area (Å²) in [5.74, 6) is 3.57. The summed E-state index contributed by atoms with van der Waals surface area (Å²) < 4.78 is 8.13. The zero-order valence-electron chi connectivity index (χ0n) is 16.6. The van der Waals surface area contributed by atoms with Crippen LogP contribution in [0.2, 0.25) is 5.02 Å². The molecule has 1 aliphatic rings. The summed E-state index contributed by atoms with van der Waals surface area (Å²) in [7, 11) is 0. The van der Waals surface area contributed by atoms with Crippen molar-refractivity contribution in [3.05, 3.63) is 40.9 Å². The van der Waals surface area contributed by atoms with Crippen molar-refractivity contribution < 1.29 is 4.74 Å². The second kappa shape index (κ2) is 10.3. The lowest BCUT2D eigenvalue weighted by Crippen LogP contribution is -2.41. The number of nitrogens with one attached hydrogen (secondary N) is 2. The minimum atomic E-state index is -0.0191. The van der Waals surface area contributed by atoms with Crippen molar-refractivity contribution in [2.45, 2.75) is 58.7 Å². The van der Waals surface area contributed by atoms with Gasteiger partial charge in [0.05, 0.1) is 6.54 Å². The molecular formula is C20H29ClN6O. The minimum absolute atomic E-state index is 0.0191. The van der Waals surface area contributed by atoms with Gasteiger partial charge in [-0.25, -0.2) is 4.99 Å². The van der Waals surface area contributed by atoms with Crippen molar-refractivity contribution in [1.29, 1.82) is 0 Å². The summed E-state index contributed by atoms with van der Waals surface area (Å²) in [5, 5.41) is 16.0. The van der Waals surface area contributed by atoms with Gasteiger partial charge >= 0.3 is 0 Å². The Morgan fingerprint density at radius 1 is 1.21 bits per heavy atom. The number of rotatable bonds is 7. The molecule has 0 aliphatic carbocycles. The highest BCUT2D eigenvalue weighted by Gasteiger charge is 2.14.